The Morgan fingerprint density at radius 3 is 2.24 bits per heavy atom. The smallest absolute Gasteiger partial charge is 0.336 e. The molecule has 0 saturated heterocycles. The topological polar surface area (TPSA) is 123 Å². The largest absolute Gasteiger partial charge is 0.478 e. The number of benzene rings is 4. The van der Waals surface area contributed by atoms with E-state index in [1.54, 1.807) is 53.2 Å². The predicted molar refractivity (Wildman–Crippen MR) is 157 cm³/mol. The fraction of sp³-hybridized carbons (Fsp3) is 0.0323. The summed E-state index contributed by atoms with van der Waals surface area (Å²) in [5.41, 5.74) is 4.22. The van der Waals surface area contributed by atoms with E-state index in [2.05, 4.69) is 25.8 Å². The molecule has 0 saturated carbocycles. The van der Waals surface area contributed by atoms with E-state index >= 15 is 0 Å². The maximum absolute atomic E-state index is 13.6. The number of amides is 1. The van der Waals surface area contributed by atoms with Crippen LogP contribution in [0.1, 0.15) is 21.2 Å². The van der Waals surface area contributed by atoms with Gasteiger partial charge in [0.15, 0.2) is 0 Å². The lowest BCUT2D eigenvalue weighted by Crippen LogP contribution is -2.19. The Hall–Kier alpha value is -5.35. The minimum atomic E-state index is -1.02. The van der Waals surface area contributed by atoms with Crippen LogP contribution in [0.4, 0.5) is 5.69 Å². The van der Waals surface area contributed by atoms with Gasteiger partial charge in [0, 0.05) is 16.6 Å². The minimum Gasteiger partial charge on any atom is -0.478 e. The number of thioether (sulfide) groups is 1. The fourth-order valence-corrected chi connectivity index (χ4v) is 5.42. The van der Waals surface area contributed by atoms with Crippen molar-refractivity contribution in [3.63, 3.8) is 0 Å². The number of carbonyl (C=O) groups is 2. The molecular weight excluding hydrogens is 536 g/mol. The van der Waals surface area contributed by atoms with E-state index in [1.165, 1.54) is 11.8 Å². The fourth-order valence-electron chi connectivity index (χ4n) is 4.42. The maximum atomic E-state index is 13.6. The van der Waals surface area contributed by atoms with E-state index in [-0.39, 0.29) is 11.5 Å². The van der Waals surface area contributed by atoms with E-state index in [4.69, 9.17) is 0 Å². The molecule has 2 heterocycles. The molecule has 1 atom stereocenters. The number of hydrogen-bond acceptors (Lipinski definition) is 7. The molecule has 0 fully saturated rings. The van der Waals surface area contributed by atoms with Gasteiger partial charge in [-0.15, -0.1) is 5.10 Å². The molecule has 41 heavy (non-hydrogen) atoms. The third-order valence-corrected chi connectivity index (χ3v) is 7.59. The first-order valence-electron chi connectivity index (χ1n) is 12.7. The Labute approximate surface area is 238 Å². The van der Waals surface area contributed by atoms with Crippen molar-refractivity contribution in [3.8, 4) is 16.9 Å². The van der Waals surface area contributed by atoms with Gasteiger partial charge in [-0.3, -0.25) is 4.79 Å². The van der Waals surface area contributed by atoms with Crippen molar-refractivity contribution in [1.29, 1.82) is 0 Å². The van der Waals surface area contributed by atoms with Gasteiger partial charge >= 0.3 is 5.97 Å². The molecule has 0 bridgehead atoms. The van der Waals surface area contributed by atoms with E-state index in [0.29, 0.717) is 27.4 Å². The number of carboxylic acid groups (broad SMARTS) is 1. The Balaban J connectivity index is 1.26. The summed E-state index contributed by atoms with van der Waals surface area (Å²) in [5.74, 6) is -1.26. The average Bonchev–Trinajstić information content (AvgIpc) is 3.49. The number of nitrogens with zero attached hydrogens (tertiary/aromatic N) is 5. The van der Waals surface area contributed by atoms with Gasteiger partial charge in [0.2, 0.25) is 11.1 Å². The van der Waals surface area contributed by atoms with E-state index in [9.17, 15) is 14.7 Å². The van der Waals surface area contributed by atoms with Gasteiger partial charge in [0.05, 0.1) is 22.5 Å². The van der Waals surface area contributed by atoms with Crippen molar-refractivity contribution in [2.75, 3.05) is 5.32 Å². The first kappa shape index (κ1) is 25.9. The van der Waals surface area contributed by atoms with Gasteiger partial charge in [0.25, 0.3) is 0 Å². The molecule has 6 aromatic rings. The zero-order valence-corrected chi connectivity index (χ0v) is 22.3. The van der Waals surface area contributed by atoms with E-state index in [1.807, 2.05) is 66.7 Å². The Bertz CT molecular complexity index is 1840. The summed E-state index contributed by atoms with van der Waals surface area (Å²) in [7, 11) is 0. The molecule has 0 aliphatic carbocycles. The molecule has 10 heteroatoms. The molecule has 1 amide bonds. The SMILES string of the molecule is O=C(O)c1cc(-c2ccc(NC(=O)C(Sc3nnnn3-c3ccccc3)c3ccccc3)cc2)nc2ccccc12. The van der Waals surface area contributed by atoms with Crippen molar-refractivity contribution in [1.82, 2.24) is 25.2 Å². The van der Waals surface area contributed by atoms with Crippen LogP contribution in [0.2, 0.25) is 0 Å². The molecule has 0 aliphatic rings. The number of pyridine rings is 1. The molecule has 2 aromatic heterocycles. The first-order valence-corrected chi connectivity index (χ1v) is 13.5. The van der Waals surface area contributed by atoms with Crippen molar-refractivity contribution >= 4 is 40.2 Å². The summed E-state index contributed by atoms with van der Waals surface area (Å²) in [6.45, 7) is 0. The zero-order chi connectivity index (χ0) is 28.2. The molecule has 2 N–H and O–H groups in total. The van der Waals surface area contributed by atoms with Gasteiger partial charge in [-0.05, 0) is 52.4 Å². The highest BCUT2D eigenvalue weighted by molar-refractivity contribution is 8.00. The normalized spacial score (nSPS) is 11.7. The molecule has 4 aromatic carbocycles. The van der Waals surface area contributed by atoms with Crippen LogP contribution in [-0.2, 0) is 4.79 Å². The number of anilines is 1. The lowest BCUT2D eigenvalue weighted by molar-refractivity contribution is -0.115. The predicted octanol–water partition coefficient (Wildman–Crippen LogP) is 6.05. The van der Waals surface area contributed by atoms with Crippen molar-refractivity contribution in [3.05, 3.63) is 126 Å². The number of fused-ring (bicyclic) bond motifs is 1. The second-order valence-corrected chi connectivity index (χ2v) is 10.1. The molecule has 0 spiro atoms. The number of rotatable bonds is 8. The van der Waals surface area contributed by atoms with Crippen LogP contribution < -0.4 is 5.32 Å². The number of aromatic nitrogens is 5. The standard InChI is InChI=1S/C31H22N6O3S/c38-29(28(21-9-3-1-4-10-21)41-31-34-35-36-37(31)23-11-5-2-6-12-23)32-22-17-15-20(16-18-22)27-19-25(30(39)40)24-13-7-8-14-26(24)33-27/h1-19,28H,(H,32,38)(H,39,40). The molecule has 0 aliphatic heterocycles. The highest BCUT2D eigenvalue weighted by atomic mass is 32.2. The summed E-state index contributed by atoms with van der Waals surface area (Å²) in [6.07, 6.45) is 0. The third kappa shape index (κ3) is 5.54. The number of aromatic carboxylic acids is 1. The number of carboxylic acids is 1. The highest BCUT2D eigenvalue weighted by Crippen LogP contribution is 2.36. The van der Waals surface area contributed by atoms with Crippen LogP contribution in [0.25, 0.3) is 27.8 Å². The molecule has 9 nitrogen and oxygen atoms in total. The highest BCUT2D eigenvalue weighted by Gasteiger charge is 2.25. The maximum Gasteiger partial charge on any atom is 0.336 e. The van der Waals surface area contributed by atoms with Gasteiger partial charge in [-0.2, -0.15) is 4.68 Å². The van der Waals surface area contributed by atoms with Crippen LogP contribution >= 0.6 is 11.8 Å². The number of tetrazole rings is 1. The summed E-state index contributed by atoms with van der Waals surface area (Å²) in [5, 5.41) is 25.3. The number of nitrogens with one attached hydrogen (secondary N) is 1. The lowest BCUT2D eigenvalue weighted by Gasteiger charge is -2.17. The zero-order valence-electron chi connectivity index (χ0n) is 21.5. The minimum absolute atomic E-state index is 0.184. The summed E-state index contributed by atoms with van der Waals surface area (Å²) in [6, 6.07) is 34.8. The Morgan fingerprint density at radius 2 is 1.51 bits per heavy atom. The Morgan fingerprint density at radius 1 is 0.829 bits per heavy atom. The second-order valence-electron chi connectivity index (χ2n) is 9.06. The van der Waals surface area contributed by atoms with E-state index in [0.717, 1.165) is 16.8 Å². The summed E-state index contributed by atoms with van der Waals surface area (Å²) >= 11 is 1.25. The van der Waals surface area contributed by atoms with Gasteiger partial charge in [-0.25, -0.2) is 9.78 Å². The van der Waals surface area contributed by atoms with Crippen molar-refractivity contribution in [2.45, 2.75) is 10.4 Å². The van der Waals surface area contributed by atoms with Crippen LogP contribution in [0.5, 0.6) is 0 Å². The monoisotopic (exact) mass is 558 g/mol. The number of hydrogen-bond donors (Lipinski definition) is 2. The quantitative estimate of drug-likeness (QED) is 0.217. The average molecular weight is 559 g/mol. The number of para-hydroxylation sites is 2. The Kier molecular flexibility index (Phi) is 7.21. The molecule has 200 valence electrons. The third-order valence-electron chi connectivity index (χ3n) is 6.40. The van der Waals surface area contributed by atoms with Crippen LogP contribution in [0, 0.1) is 0 Å². The second kappa shape index (κ2) is 11.4. The lowest BCUT2D eigenvalue weighted by atomic mass is 10.0. The van der Waals surface area contributed by atoms with Gasteiger partial charge < -0.3 is 10.4 Å². The van der Waals surface area contributed by atoms with Crippen LogP contribution in [-0.4, -0.2) is 42.2 Å². The van der Waals surface area contributed by atoms with Crippen LogP contribution in [0.15, 0.2) is 120 Å². The first-order chi connectivity index (χ1) is 20.1. The van der Waals surface area contributed by atoms with Crippen LogP contribution in [0.3, 0.4) is 0 Å². The van der Waals surface area contributed by atoms with E-state index < -0.39 is 11.2 Å². The summed E-state index contributed by atoms with van der Waals surface area (Å²) in [4.78, 5) is 30.1. The van der Waals surface area contributed by atoms with Gasteiger partial charge in [0.1, 0.15) is 5.25 Å². The van der Waals surface area contributed by atoms with Gasteiger partial charge in [-0.1, -0.05) is 90.6 Å². The molecular formula is C31H22N6O3S. The van der Waals surface area contributed by atoms with Crippen molar-refractivity contribution in [2.24, 2.45) is 0 Å². The molecule has 0 radical (unpaired) electrons. The number of carbonyl (C=O) groups excluding carboxylic acids is 1. The summed E-state index contributed by atoms with van der Waals surface area (Å²) < 4.78 is 1.60. The van der Waals surface area contributed by atoms with Crippen molar-refractivity contribution < 1.29 is 14.7 Å². The molecule has 6 rings (SSSR count). The molecule has 1 unspecified atom stereocenters.